The van der Waals surface area contributed by atoms with E-state index in [1.807, 2.05) is 0 Å². The lowest BCUT2D eigenvalue weighted by molar-refractivity contribution is 0.0507. The summed E-state index contributed by atoms with van der Waals surface area (Å²) >= 11 is 0. The van der Waals surface area contributed by atoms with Crippen LogP contribution >= 0.6 is 0 Å². The molecule has 1 aromatic carbocycles. The zero-order chi connectivity index (χ0) is 13.2. The first kappa shape index (κ1) is 15.2. The van der Waals surface area contributed by atoms with E-state index in [0.717, 1.165) is 32.5 Å². The Morgan fingerprint density at radius 3 is 2.72 bits per heavy atom. The van der Waals surface area contributed by atoms with Crippen LogP contribution < -0.4 is 5.32 Å². The van der Waals surface area contributed by atoms with E-state index in [2.05, 4.69) is 50.4 Å². The summed E-state index contributed by atoms with van der Waals surface area (Å²) in [6, 6.07) is 8.63. The standard InChI is InChI=1S/C16H27NO/c1-4-6-11-18-16(13-17-10-5-2)15-9-7-8-14(3)12-15/h7-9,12,16-17H,4-6,10-11,13H2,1-3H3. The van der Waals surface area contributed by atoms with E-state index in [-0.39, 0.29) is 6.10 Å². The van der Waals surface area contributed by atoms with Crippen LogP contribution in [0.4, 0.5) is 0 Å². The number of rotatable bonds is 9. The predicted molar refractivity (Wildman–Crippen MR) is 77.9 cm³/mol. The maximum Gasteiger partial charge on any atom is 0.0949 e. The molecule has 0 fully saturated rings. The first-order chi connectivity index (χ1) is 8.77. The Hall–Kier alpha value is -0.860. The Kier molecular flexibility index (Phi) is 7.70. The third kappa shape index (κ3) is 5.65. The van der Waals surface area contributed by atoms with Crippen molar-refractivity contribution < 1.29 is 4.74 Å². The first-order valence-electron chi connectivity index (χ1n) is 7.16. The second kappa shape index (κ2) is 9.12. The van der Waals surface area contributed by atoms with Gasteiger partial charge in [0.1, 0.15) is 0 Å². The van der Waals surface area contributed by atoms with Gasteiger partial charge in [-0.05, 0) is 31.9 Å². The molecule has 1 rings (SSSR count). The van der Waals surface area contributed by atoms with Crippen LogP contribution in [-0.4, -0.2) is 19.7 Å². The highest BCUT2D eigenvalue weighted by atomic mass is 16.5. The molecule has 0 saturated carbocycles. The molecule has 0 spiro atoms. The highest BCUT2D eigenvalue weighted by Crippen LogP contribution is 2.18. The molecule has 1 aromatic rings. The molecule has 2 heteroatoms. The molecule has 102 valence electrons. The van der Waals surface area contributed by atoms with Gasteiger partial charge in [-0.25, -0.2) is 0 Å². The average Bonchev–Trinajstić information content (AvgIpc) is 2.37. The minimum absolute atomic E-state index is 0.183. The topological polar surface area (TPSA) is 21.3 Å². The Morgan fingerprint density at radius 2 is 2.06 bits per heavy atom. The molecule has 0 bridgehead atoms. The second-order valence-corrected chi connectivity index (χ2v) is 4.83. The molecule has 0 aliphatic heterocycles. The smallest absolute Gasteiger partial charge is 0.0949 e. The van der Waals surface area contributed by atoms with Crippen LogP contribution in [0.5, 0.6) is 0 Å². The lowest BCUT2D eigenvalue weighted by atomic mass is 10.1. The van der Waals surface area contributed by atoms with Crippen molar-refractivity contribution in [1.82, 2.24) is 5.32 Å². The lowest BCUT2D eigenvalue weighted by Gasteiger charge is -2.19. The van der Waals surface area contributed by atoms with Crippen molar-refractivity contribution in [2.45, 2.75) is 46.1 Å². The molecule has 18 heavy (non-hydrogen) atoms. The predicted octanol–water partition coefficient (Wildman–Crippen LogP) is 3.85. The number of nitrogens with one attached hydrogen (secondary N) is 1. The summed E-state index contributed by atoms with van der Waals surface area (Å²) in [6.45, 7) is 9.32. The fourth-order valence-corrected chi connectivity index (χ4v) is 1.92. The number of hydrogen-bond donors (Lipinski definition) is 1. The quantitative estimate of drug-likeness (QED) is 0.671. The van der Waals surface area contributed by atoms with Gasteiger partial charge in [0.25, 0.3) is 0 Å². The van der Waals surface area contributed by atoms with Crippen LogP contribution in [0.3, 0.4) is 0 Å². The summed E-state index contributed by atoms with van der Waals surface area (Å²) < 4.78 is 6.01. The Bertz CT molecular complexity index is 315. The van der Waals surface area contributed by atoms with Crippen LogP contribution in [0, 0.1) is 6.92 Å². The normalized spacial score (nSPS) is 12.6. The van der Waals surface area contributed by atoms with Crippen LogP contribution in [0.1, 0.15) is 50.3 Å². The number of unbranched alkanes of at least 4 members (excludes halogenated alkanes) is 1. The summed E-state index contributed by atoms with van der Waals surface area (Å²) in [4.78, 5) is 0. The highest BCUT2D eigenvalue weighted by Gasteiger charge is 2.11. The Morgan fingerprint density at radius 1 is 1.22 bits per heavy atom. The molecule has 0 aromatic heterocycles. The summed E-state index contributed by atoms with van der Waals surface area (Å²) in [5, 5.41) is 3.46. The van der Waals surface area contributed by atoms with Crippen molar-refractivity contribution in [3.8, 4) is 0 Å². The summed E-state index contributed by atoms with van der Waals surface area (Å²) in [7, 11) is 0. The monoisotopic (exact) mass is 249 g/mol. The van der Waals surface area contributed by atoms with Crippen molar-refractivity contribution in [1.29, 1.82) is 0 Å². The largest absolute Gasteiger partial charge is 0.372 e. The van der Waals surface area contributed by atoms with E-state index in [1.165, 1.54) is 17.5 Å². The fourth-order valence-electron chi connectivity index (χ4n) is 1.92. The van der Waals surface area contributed by atoms with Gasteiger partial charge >= 0.3 is 0 Å². The minimum Gasteiger partial charge on any atom is -0.372 e. The SMILES string of the molecule is CCCCOC(CNCCC)c1cccc(C)c1. The maximum absolute atomic E-state index is 6.01. The molecule has 0 aliphatic carbocycles. The van der Waals surface area contributed by atoms with Crippen molar-refractivity contribution in [3.05, 3.63) is 35.4 Å². The van der Waals surface area contributed by atoms with E-state index >= 15 is 0 Å². The molecular formula is C16H27NO. The number of ether oxygens (including phenoxy) is 1. The van der Waals surface area contributed by atoms with E-state index in [0.29, 0.717) is 0 Å². The first-order valence-corrected chi connectivity index (χ1v) is 7.16. The third-order valence-corrected chi connectivity index (χ3v) is 2.99. The van der Waals surface area contributed by atoms with Gasteiger partial charge in [0.05, 0.1) is 6.10 Å². The van der Waals surface area contributed by atoms with E-state index < -0.39 is 0 Å². The molecule has 1 unspecified atom stereocenters. The van der Waals surface area contributed by atoms with Gasteiger partial charge in [-0.1, -0.05) is 50.1 Å². The van der Waals surface area contributed by atoms with E-state index in [4.69, 9.17) is 4.74 Å². The molecule has 1 N–H and O–H groups in total. The molecule has 0 amide bonds. The summed E-state index contributed by atoms with van der Waals surface area (Å²) in [5.41, 5.74) is 2.58. The van der Waals surface area contributed by atoms with Crippen molar-refractivity contribution in [2.75, 3.05) is 19.7 Å². The van der Waals surface area contributed by atoms with Crippen LogP contribution in [0.2, 0.25) is 0 Å². The average molecular weight is 249 g/mol. The van der Waals surface area contributed by atoms with Crippen LogP contribution in [0.15, 0.2) is 24.3 Å². The van der Waals surface area contributed by atoms with Gasteiger partial charge < -0.3 is 10.1 Å². The zero-order valence-corrected chi connectivity index (χ0v) is 12.0. The minimum atomic E-state index is 0.183. The van der Waals surface area contributed by atoms with Gasteiger partial charge in [-0.2, -0.15) is 0 Å². The number of benzene rings is 1. The van der Waals surface area contributed by atoms with Crippen molar-refractivity contribution in [3.63, 3.8) is 0 Å². The molecular weight excluding hydrogens is 222 g/mol. The van der Waals surface area contributed by atoms with Crippen molar-refractivity contribution in [2.24, 2.45) is 0 Å². The molecule has 0 saturated heterocycles. The number of hydrogen-bond acceptors (Lipinski definition) is 2. The van der Waals surface area contributed by atoms with Gasteiger partial charge in [0, 0.05) is 13.2 Å². The summed E-state index contributed by atoms with van der Waals surface area (Å²) in [6.07, 6.45) is 3.66. The van der Waals surface area contributed by atoms with Crippen LogP contribution in [0.25, 0.3) is 0 Å². The lowest BCUT2D eigenvalue weighted by Crippen LogP contribution is -2.24. The zero-order valence-electron chi connectivity index (χ0n) is 12.0. The molecule has 0 heterocycles. The van der Waals surface area contributed by atoms with E-state index in [1.54, 1.807) is 0 Å². The Balaban J connectivity index is 2.57. The fraction of sp³-hybridized carbons (Fsp3) is 0.625. The van der Waals surface area contributed by atoms with Gasteiger partial charge in [0.2, 0.25) is 0 Å². The van der Waals surface area contributed by atoms with Crippen LogP contribution in [-0.2, 0) is 4.74 Å². The highest BCUT2D eigenvalue weighted by molar-refractivity contribution is 5.24. The molecule has 2 nitrogen and oxygen atoms in total. The van der Waals surface area contributed by atoms with Crippen molar-refractivity contribution >= 4 is 0 Å². The van der Waals surface area contributed by atoms with E-state index in [9.17, 15) is 0 Å². The third-order valence-electron chi connectivity index (χ3n) is 2.99. The Labute approximate surface area is 112 Å². The second-order valence-electron chi connectivity index (χ2n) is 4.83. The van der Waals surface area contributed by atoms with Gasteiger partial charge in [0.15, 0.2) is 0 Å². The maximum atomic E-state index is 6.01. The van der Waals surface area contributed by atoms with Gasteiger partial charge in [-0.3, -0.25) is 0 Å². The molecule has 0 radical (unpaired) electrons. The molecule has 0 aliphatic rings. The summed E-state index contributed by atoms with van der Waals surface area (Å²) in [5.74, 6) is 0. The molecule has 1 atom stereocenters. The number of aryl methyl sites for hydroxylation is 1. The van der Waals surface area contributed by atoms with Gasteiger partial charge in [-0.15, -0.1) is 0 Å².